The van der Waals surface area contributed by atoms with Gasteiger partial charge in [0, 0.05) is 30.9 Å². The van der Waals surface area contributed by atoms with E-state index >= 15 is 0 Å². The highest BCUT2D eigenvalue weighted by atomic mass is 16.2. The molecule has 1 aromatic heterocycles. The number of aromatic nitrogens is 2. The van der Waals surface area contributed by atoms with Gasteiger partial charge in [0.25, 0.3) is 11.5 Å². The van der Waals surface area contributed by atoms with E-state index < -0.39 is 0 Å². The zero-order valence-electron chi connectivity index (χ0n) is 13.6. The van der Waals surface area contributed by atoms with Crippen molar-refractivity contribution in [3.05, 3.63) is 40.3 Å². The summed E-state index contributed by atoms with van der Waals surface area (Å²) in [7, 11) is 0. The fraction of sp³-hybridized carbons (Fsp3) is 0.412. The molecule has 1 aliphatic heterocycles. The molecule has 0 radical (unpaired) electrons. The summed E-state index contributed by atoms with van der Waals surface area (Å²) in [5.74, 6) is -0.704. The van der Waals surface area contributed by atoms with Crippen LogP contribution in [0.4, 0.5) is 0 Å². The number of aryl methyl sites for hydroxylation is 1. The van der Waals surface area contributed by atoms with Crippen molar-refractivity contribution in [1.82, 2.24) is 14.7 Å². The number of likely N-dealkylation sites (tertiary alicyclic amines) is 1. The predicted octanol–water partition coefficient (Wildman–Crippen LogP) is 0.754. The maximum Gasteiger partial charge on any atom is 0.274 e. The molecule has 0 atom stereocenters. The number of nitrogens with two attached hydrogens (primary N) is 1. The first-order valence-electron chi connectivity index (χ1n) is 8.11. The minimum Gasteiger partial charge on any atom is -0.369 e. The zero-order valence-corrected chi connectivity index (χ0v) is 13.6. The van der Waals surface area contributed by atoms with Crippen LogP contribution in [-0.4, -0.2) is 39.6 Å². The second-order valence-corrected chi connectivity index (χ2v) is 5.98. The second-order valence-electron chi connectivity index (χ2n) is 5.98. The van der Waals surface area contributed by atoms with E-state index in [1.807, 2.05) is 6.92 Å². The lowest BCUT2D eigenvalue weighted by Crippen LogP contribution is -2.42. The number of primary amides is 1. The number of amides is 2. The molecular weight excluding hydrogens is 308 g/mol. The number of carbonyl (C=O) groups is 2. The average Bonchev–Trinajstić information content (AvgIpc) is 2.62. The van der Waals surface area contributed by atoms with Crippen LogP contribution in [0.1, 0.15) is 30.3 Å². The molecule has 2 aromatic rings. The van der Waals surface area contributed by atoms with Gasteiger partial charge in [-0.1, -0.05) is 18.2 Å². The molecule has 7 heteroatoms. The molecule has 0 spiro atoms. The van der Waals surface area contributed by atoms with Crippen molar-refractivity contribution in [1.29, 1.82) is 0 Å². The Morgan fingerprint density at radius 2 is 1.83 bits per heavy atom. The summed E-state index contributed by atoms with van der Waals surface area (Å²) in [6.07, 6.45) is 1.12. The fourth-order valence-corrected chi connectivity index (χ4v) is 3.12. The molecule has 2 heterocycles. The van der Waals surface area contributed by atoms with Crippen LogP contribution < -0.4 is 11.3 Å². The molecule has 0 aliphatic carbocycles. The summed E-state index contributed by atoms with van der Waals surface area (Å²) < 4.78 is 1.31. The van der Waals surface area contributed by atoms with Gasteiger partial charge in [-0.15, -0.1) is 0 Å². The van der Waals surface area contributed by atoms with Crippen LogP contribution in [0.25, 0.3) is 10.8 Å². The number of carbonyl (C=O) groups excluding carboxylic acids is 2. The standard InChI is InChI=1S/C17H20N4O3/c1-2-21-16(23)13-6-4-3-5-12(13)14(19-21)17(24)20-9-7-11(8-10-20)15(18)22/h3-6,11H,2,7-10H2,1H3,(H2,18,22). The average molecular weight is 328 g/mol. The van der Waals surface area contributed by atoms with Crippen molar-refractivity contribution in [2.75, 3.05) is 13.1 Å². The van der Waals surface area contributed by atoms with Gasteiger partial charge in [-0.2, -0.15) is 5.10 Å². The van der Waals surface area contributed by atoms with E-state index in [1.165, 1.54) is 4.68 Å². The minimum absolute atomic E-state index is 0.177. The highest BCUT2D eigenvalue weighted by Gasteiger charge is 2.28. The van der Waals surface area contributed by atoms with Gasteiger partial charge in [0.15, 0.2) is 5.69 Å². The first-order chi connectivity index (χ1) is 11.5. The minimum atomic E-state index is -0.315. The molecule has 3 rings (SSSR count). The Morgan fingerprint density at radius 1 is 1.21 bits per heavy atom. The molecule has 24 heavy (non-hydrogen) atoms. The zero-order chi connectivity index (χ0) is 17.3. The second kappa shape index (κ2) is 6.43. The van der Waals surface area contributed by atoms with E-state index in [4.69, 9.17) is 5.73 Å². The summed E-state index contributed by atoms with van der Waals surface area (Å²) in [6, 6.07) is 7.01. The first kappa shape index (κ1) is 16.2. The maximum atomic E-state index is 12.9. The van der Waals surface area contributed by atoms with Crippen LogP contribution in [0.5, 0.6) is 0 Å². The number of hydrogen-bond acceptors (Lipinski definition) is 4. The topological polar surface area (TPSA) is 98.3 Å². The largest absolute Gasteiger partial charge is 0.369 e. The van der Waals surface area contributed by atoms with E-state index in [2.05, 4.69) is 5.10 Å². The lowest BCUT2D eigenvalue weighted by molar-refractivity contribution is -0.123. The van der Waals surface area contributed by atoms with Crippen molar-refractivity contribution in [3.63, 3.8) is 0 Å². The Labute approximate surface area is 139 Å². The van der Waals surface area contributed by atoms with Gasteiger partial charge in [0.05, 0.1) is 5.39 Å². The van der Waals surface area contributed by atoms with Crippen molar-refractivity contribution in [2.24, 2.45) is 11.7 Å². The number of piperidine rings is 1. The number of hydrogen-bond donors (Lipinski definition) is 1. The maximum absolute atomic E-state index is 12.9. The molecule has 1 fully saturated rings. The molecule has 1 saturated heterocycles. The number of rotatable bonds is 3. The van der Waals surface area contributed by atoms with Gasteiger partial charge in [0.1, 0.15) is 0 Å². The summed E-state index contributed by atoms with van der Waals surface area (Å²) in [5, 5.41) is 5.32. The Bertz CT molecular complexity index is 851. The van der Waals surface area contributed by atoms with Gasteiger partial charge < -0.3 is 10.6 Å². The Kier molecular flexibility index (Phi) is 4.33. The van der Waals surface area contributed by atoms with Crippen LogP contribution in [0.3, 0.4) is 0 Å². The van der Waals surface area contributed by atoms with Crippen molar-refractivity contribution >= 4 is 22.6 Å². The lowest BCUT2D eigenvalue weighted by atomic mass is 9.96. The van der Waals surface area contributed by atoms with Crippen molar-refractivity contribution in [2.45, 2.75) is 26.3 Å². The number of benzene rings is 1. The third-order valence-electron chi connectivity index (χ3n) is 4.55. The smallest absolute Gasteiger partial charge is 0.274 e. The summed E-state index contributed by atoms with van der Waals surface area (Å²) in [5.41, 5.74) is 5.42. The molecule has 2 N–H and O–H groups in total. The van der Waals surface area contributed by atoms with Gasteiger partial charge in [-0.3, -0.25) is 14.4 Å². The Hall–Kier alpha value is -2.70. The van der Waals surface area contributed by atoms with Gasteiger partial charge >= 0.3 is 0 Å². The molecule has 1 aromatic carbocycles. The molecule has 1 aliphatic rings. The third kappa shape index (κ3) is 2.77. The van der Waals surface area contributed by atoms with Crippen LogP contribution in [0.15, 0.2) is 29.1 Å². The molecule has 0 bridgehead atoms. The monoisotopic (exact) mass is 328 g/mol. The van der Waals surface area contributed by atoms with Crippen LogP contribution in [0, 0.1) is 5.92 Å². The molecular formula is C17H20N4O3. The van der Waals surface area contributed by atoms with Crippen molar-refractivity contribution < 1.29 is 9.59 Å². The number of nitrogens with zero attached hydrogens (tertiary/aromatic N) is 3. The predicted molar refractivity (Wildman–Crippen MR) is 89.5 cm³/mol. The fourth-order valence-electron chi connectivity index (χ4n) is 3.12. The van der Waals surface area contributed by atoms with E-state index in [9.17, 15) is 14.4 Å². The van der Waals surface area contributed by atoms with Gasteiger partial charge in [-0.05, 0) is 25.8 Å². The Morgan fingerprint density at radius 3 is 2.42 bits per heavy atom. The molecule has 0 unspecified atom stereocenters. The van der Waals surface area contributed by atoms with E-state index in [1.54, 1.807) is 29.2 Å². The summed E-state index contributed by atoms with van der Waals surface area (Å²) >= 11 is 0. The molecule has 126 valence electrons. The molecule has 0 saturated carbocycles. The summed E-state index contributed by atoms with van der Waals surface area (Å²) in [6.45, 7) is 3.14. The molecule has 7 nitrogen and oxygen atoms in total. The van der Waals surface area contributed by atoms with E-state index in [-0.39, 0.29) is 29.0 Å². The van der Waals surface area contributed by atoms with Crippen LogP contribution in [0.2, 0.25) is 0 Å². The van der Waals surface area contributed by atoms with E-state index in [0.717, 1.165) is 0 Å². The normalized spacial score (nSPS) is 15.6. The van der Waals surface area contributed by atoms with Crippen LogP contribution in [-0.2, 0) is 11.3 Å². The van der Waals surface area contributed by atoms with E-state index in [0.29, 0.717) is 43.2 Å². The lowest BCUT2D eigenvalue weighted by Gasteiger charge is -2.30. The van der Waals surface area contributed by atoms with Gasteiger partial charge in [0.2, 0.25) is 5.91 Å². The van der Waals surface area contributed by atoms with Gasteiger partial charge in [-0.25, -0.2) is 4.68 Å². The van der Waals surface area contributed by atoms with Crippen molar-refractivity contribution in [3.8, 4) is 0 Å². The SMILES string of the molecule is CCn1nc(C(=O)N2CCC(C(N)=O)CC2)c2ccccc2c1=O. The quantitative estimate of drug-likeness (QED) is 0.899. The summed E-state index contributed by atoms with van der Waals surface area (Å²) in [4.78, 5) is 38.2. The molecule has 2 amide bonds. The first-order valence-corrected chi connectivity index (χ1v) is 8.11. The highest BCUT2D eigenvalue weighted by molar-refractivity contribution is 6.04. The third-order valence-corrected chi connectivity index (χ3v) is 4.55. The van der Waals surface area contributed by atoms with Crippen LogP contribution >= 0.6 is 0 Å². The Balaban J connectivity index is 1.97. The highest BCUT2D eigenvalue weighted by Crippen LogP contribution is 2.21. The number of fused-ring (bicyclic) bond motifs is 1.